The fourth-order valence-electron chi connectivity index (χ4n) is 7.97. The summed E-state index contributed by atoms with van der Waals surface area (Å²) in [4.78, 5) is 154. The number of imidazole rings is 2. The molecule has 1 saturated heterocycles. The van der Waals surface area contributed by atoms with Gasteiger partial charge in [-0.3, -0.25) is 48.1 Å². The first kappa shape index (κ1) is 62.5. The predicted octanol–water partition coefficient (Wildman–Crippen LogP) is -3.18. The summed E-state index contributed by atoms with van der Waals surface area (Å²) in [5.41, 5.74) is 18.1. The lowest BCUT2D eigenvalue weighted by atomic mass is 9.96. The molecule has 29 heteroatoms. The van der Waals surface area contributed by atoms with Crippen LogP contribution in [0.1, 0.15) is 76.8 Å². The average molecular weight is 1110 g/mol. The fourth-order valence-corrected chi connectivity index (χ4v) is 9.01. The van der Waals surface area contributed by atoms with Crippen molar-refractivity contribution in [2.24, 2.45) is 34.0 Å². The molecule has 4 rings (SSSR count). The summed E-state index contributed by atoms with van der Waals surface area (Å²) in [5, 5.41) is 40.4. The van der Waals surface area contributed by atoms with Crippen LogP contribution in [0.15, 0.2) is 60.4 Å². The summed E-state index contributed by atoms with van der Waals surface area (Å²) >= 11 is 1.10. The van der Waals surface area contributed by atoms with Gasteiger partial charge < -0.3 is 79.9 Å². The minimum atomic E-state index is -1.52. The van der Waals surface area contributed by atoms with E-state index in [1.54, 1.807) is 58.0 Å². The minimum absolute atomic E-state index is 0.0385. The molecule has 10 atom stereocenters. The molecular weight excluding hydrogens is 1040 g/mol. The van der Waals surface area contributed by atoms with Crippen molar-refractivity contribution < 1.29 is 58.2 Å². The Kier molecular flexibility index (Phi) is 25.0. The van der Waals surface area contributed by atoms with E-state index in [1.807, 2.05) is 0 Å². The van der Waals surface area contributed by atoms with Crippen LogP contribution in [0.5, 0.6) is 0 Å². The number of carbonyl (C=O) groups excluding carboxylic acids is 8. The van der Waals surface area contributed by atoms with E-state index < -0.39 is 132 Å². The monoisotopic (exact) mass is 1110 g/mol. The molecule has 1 aliphatic heterocycles. The van der Waals surface area contributed by atoms with Gasteiger partial charge in [-0.15, -0.1) is 0 Å². The number of rotatable bonds is 26. The second-order valence-corrected chi connectivity index (χ2v) is 20.2. The van der Waals surface area contributed by atoms with Crippen molar-refractivity contribution in [2.75, 3.05) is 18.1 Å². The van der Waals surface area contributed by atoms with E-state index >= 15 is 0 Å². The van der Waals surface area contributed by atoms with Crippen LogP contribution in [0.4, 0.5) is 0 Å². The van der Waals surface area contributed by atoms with Gasteiger partial charge in [-0.1, -0.05) is 64.4 Å². The van der Waals surface area contributed by atoms with E-state index in [0.29, 0.717) is 23.4 Å². The molecule has 0 aliphatic carbocycles. The van der Waals surface area contributed by atoms with E-state index in [2.05, 4.69) is 67.5 Å². The summed E-state index contributed by atoms with van der Waals surface area (Å²) in [5.74, 6) is -10.9. The predicted molar refractivity (Wildman–Crippen MR) is 284 cm³/mol. The molecule has 18 N–H and O–H groups in total. The third-order valence-electron chi connectivity index (χ3n) is 12.6. The lowest BCUT2D eigenvalue weighted by Crippen LogP contribution is -2.62. The molecule has 8 amide bonds. The Bertz CT molecular complexity index is 2530. The number of hydrogen-bond acceptors (Lipinski definition) is 15. The Morgan fingerprint density at radius 1 is 0.782 bits per heavy atom. The maximum atomic E-state index is 14.5. The second kappa shape index (κ2) is 31.2. The molecule has 1 fully saturated rings. The van der Waals surface area contributed by atoms with Gasteiger partial charge in [0.2, 0.25) is 47.3 Å². The fraction of sp³-hybridized carbons (Fsp3) is 0.531. The van der Waals surface area contributed by atoms with E-state index in [4.69, 9.17) is 17.2 Å². The Labute approximate surface area is 454 Å². The third-order valence-corrected chi connectivity index (χ3v) is 13.7. The maximum absolute atomic E-state index is 14.5. The van der Waals surface area contributed by atoms with Crippen molar-refractivity contribution in [1.82, 2.24) is 62.5 Å². The Balaban J connectivity index is 1.66. The number of thioether (sulfide) groups is 1. The Morgan fingerprint density at radius 2 is 1.44 bits per heavy atom. The van der Waals surface area contributed by atoms with Crippen LogP contribution in [-0.4, -0.2) is 168 Å². The molecule has 78 heavy (non-hydrogen) atoms. The molecule has 426 valence electrons. The molecule has 0 radical (unpaired) electrons. The number of nitrogens with zero attached hydrogens (tertiary/aromatic N) is 3. The summed E-state index contributed by atoms with van der Waals surface area (Å²) in [7, 11) is 0. The number of aliphatic carboxylic acids is 2. The molecule has 0 bridgehead atoms. The molecular formula is C49H72N16O12S. The molecule has 1 aromatic carbocycles. The Hall–Kier alpha value is -8.08. The van der Waals surface area contributed by atoms with Crippen molar-refractivity contribution in [3.8, 4) is 0 Å². The van der Waals surface area contributed by atoms with Crippen molar-refractivity contribution in [3.05, 3.63) is 72.3 Å². The van der Waals surface area contributed by atoms with Gasteiger partial charge in [-0.05, 0) is 42.4 Å². The highest BCUT2D eigenvalue weighted by molar-refractivity contribution is 7.99. The van der Waals surface area contributed by atoms with Crippen LogP contribution in [-0.2, 0) is 67.2 Å². The quantitative estimate of drug-likeness (QED) is 0.0214. The van der Waals surface area contributed by atoms with Crippen molar-refractivity contribution in [1.29, 1.82) is 0 Å². The van der Waals surface area contributed by atoms with Crippen molar-refractivity contribution in [3.63, 3.8) is 0 Å². The normalized spacial score (nSPS) is 19.5. The number of carbonyl (C=O) groups is 10. The SMILES string of the molecule is CC[C@H](C)[C@@H]1NC(=O)[C@@H](NC(=O)[C@@H](NC(=O)[C@H](CCCN=C(N)N)NC(=O)[C@@H](N)CC(=O)O)C(C)C)CCSC[C@@H](C(=O)N[C@@H](Cc2ccccc2)C(=O)N[C@@H](Cc2cnc[nH]2)C(=O)O)NC(=O)[C@H](Cc2cnc[nH]2)NC1=O. The minimum Gasteiger partial charge on any atom is -0.481 e. The number of nitrogens with one attached hydrogen (secondary N) is 10. The van der Waals surface area contributed by atoms with Gasteiger partial charge in [0.05, 0.1) is 25.1 Å². The van der Waals surface area contributed by atoms with Crippen LogP contribution in [0, 0.1) is 11.8 Å². The van der Waals surface area contributed by atoms with Gasteiger partial charge >= 0.3 is 11.9 Å². The highest BCUT2D eigenvalue weighted by Crippen LogP contribution is 2.16. The van der Waals surface area contributed by atoms with Gasteiger partial charge in [-0.2, -0.15) is 11.8 Å². The van der Waals surface area contributed by atoms with Gasteiger partial charge in [0.25, 0.3) is 0 Å². The number of aromatic amines is 2. The first-order chi connectivity index (χ1) is 37.1. The Morgan fingerprint density at radius 3 is 2.04 bits per heavy atom. The summed E-state index contributed by atoms with van der Waals surface area (Å²) in [6.07, 6.45) is 4.76. The lowest BCUT2D eigenvalue weighted by molar-refractivity contribution is -0.142. The molecule has 3 aromatic rings. The van der Waals surface area contributed by atoms with E-state index in [-0.39, 0.29) is 62.5 Å². The smallest absolute Gasteiger partial charge is 0.326 e. The standard InChI is InChI=1S/C49H72N16O12S/c1-5-26(4)39-47(75)61-34(17-28-20-53-23-56-28)44(72)63-36(45(73)60-33(16-27-10-7-6-8-11-27)43(71)62-35(48(76)77)18-29-21-54-24-57-29)22-78-15-13-32(42(70)65-39)59-46(74)38(25(2)3)64-41(69)31(12-9-14-55-49(51)52)58-40(68)30(50)19-37(66)67/h6-8,10-11,20-21,23-26,30-36,38-39H,5,9,12-19,22,50H2,1-4H3,(H,53,56)(H,54,57)(H,58,68)(H,59,74)(H,60,73)(H,61,75)(H,62,71)(H,63,72)(H,64,69)(H,65,70)(H,66,67)(H,76,77)(H4,51,52,55)/t26-,30-,31-,32-,33-,34-,35-,36-,38-,39-/m0/s1. The first-order valence-corrected chi connectivity index (χ1v) is 26.5. The molecule has 0 unspecified atom stereocenters. The van der Waals surface area contributed by atoms with Crippen LogP contribution in [0.3, 0.4) is 0 Å². The van der Waals surface area contributed by atoms with Gasteiger partial charge in [-0.25, -0.2) is 14.8 Å². The van der Waals surface area contributed by atoms with Gasteiger partial charge in [0.1, 0.15) is 48.3 Å². The average Bonchev–Trinajstić information content (AvgIpc) is 4.13. The van der Waals surface area contributed by atoms with Crippen LogP contribution in [0.25, 0.3) is 0 Å². The third kappa shape index (κ3) is 20.5. The number of benzene rings is 1. The summed E-state index contributed by atoms with van der Waals surface area (Å²) < 4.78 is 0. The molecule has 2 aromatic heterocycles. The first-order valence-electron chi connectivity index (χ1n) is 25.3. The zero-order valence-corrected chi connectivity index (χ0v) is 44.6. The molecule has 0 saturated carbocycles. The number of carboxylic acid groups (broad SMARTS) is 2. The highest BCUT2D eigenvalue weighted by atomic mass is 32.2. The van der Waals surface area contributed by atoms with Gasteiger partial charge in [0.15, 0.2) is 5.96 Å². The van der Waals surface area contributed by atoms with Crippen molar-refractivity contribution in [2.45, 2.75) is 133 Å². The van der Waals surface area contributed by atoms with Crippen LogP contribution in [0.2, 0.25) is 0 Å². The molecule has 28 nitrogen and oxygen atoms in total. The lowest BCUT2D eigenvalue weighted by Gasteiger charge is -2.31. The van der Waals surface area contributed by atoms with E-state index in [1.165, 1.54) is 25.0 Å². The van der Waals surface area contributed by atoms with E-state index in [0.717, 1.165) is 11.8 Å². The number of aromatic nitrogens is 4. The van der Waals surface area contributed by atoms with E-state index in [9.17, 15) is 58.2 Å². The topological polar surface area (TPSA) is 455 Å². The number of carboxylic acids is 2. The maximum Gasteiger partial charge on any atom is 0.326 e. The van der Waals surface area contributed by atoms with Crippen molar-refractivity contribution >= 4 is 76.9 Å². The molecule has 0 spiro atoms. The molecule has 3 heterocycles. The molecule has 1 aliphatic rings. The number of guanidine groups is 1. The zero-order valence-electron chi connectivity index (χ0n) is 43.8. The largest absolute Gasteiger partial charge is 0.481 e. The highest BCUT2D eigenvalue weighted by Gasteiger charge is 2.38. The number of amides is 8. The number of H-pyrrole nitrogens is 2. The zero-order chi connectivity index (χ0) is 57.5. The second-order valence-electron chi connectivity index (χ2n) is 19.1. The number of hydrogen-bond donors (Lipinski definition) is 15. The van der Waals surface area contributed by atoms with Gasteiger partial charge in [0, 0.05) is 55.3 Å². The summed E-state index contributed by atoms with van der Waals surface area (Å²) in [6, 6.07) is -3.84. The van der Waals surface area contributed by atoms with Crippen LogP contribution >= 0.6 is 11.8 Å². The summed E-state index contributed by atoms with van der Waals surface area (Å²) in [6.45, 7) is 6.77. The number of nitrogens with two attached hydrogens (primary N) is 3. The number of aliphatic imine (C=N–C) groups is 1. The van der Waals surface area contributed by atoms with Crippen LogP contribution < -0.4 is 59.7 Å².